The van der Waals surface area contributed by atoms with Gasteiger partial charge in [0.2, 0.25) is 0 Å². The van der Waals surface area contributed by atoms with Gasteiger partial charge in [-0.05, 0) is 37.6 Å². The van der Waals surface area contributed by atoms with Crippen LogP contribution in [0.25, 0.3) is 0 Å². The van der Waals surface area contributed by atoms with Crippen molar-refractivity contribution in [2.24, 2.45) is 5.73 Å². The Kier molecular flexibility index (Phi) is 4.86. The van der Waals surface area contributed by atoms with Crippen LogP contribution in [0.3, 0.4) is 0 Å². The molecule has 1 atom stereocenters. The average molecular weight is 311 g/mol. The first-order chi connectivity index (χ1) is 9.47. The molecule has 0 aliphatic rings. The lowest BCUT2D eigenvalue weighted by atomic mass is 10.0. The van der Waals surface area contributed by atoms with E-state index in [0.29, 0.717) is 15.7 Å². The zero-order chi connectivity index (χ0) is 14.7. The highest BCUT2D eigenvalue weighted by Gasteiger charge is 2.15. The van der Waals surface area contributed by atoms with Crippen molar-refractivity contribution in [3.63, 3.8) is 0 Å². The molecule has 0 bridgehead atoms. The minimum atomic E-state index is -0.421. The van der Waals surface area contributed by atoms with E-state index in [1.165, 1.54) is 6.20 Å². The number of aromatic nitrogens is 1. The molecule has 2 N–H and O–H groups in total. The maximum atomic E-state index is 6.22. The lowest BCUT2D eigenvalue weighted by molar-refractivity contribution is 0.242. The number of hydrogen-bond donors (Lipinski definition) is 1. The van der Waals surface area contributed by atoms with Crippen molar-refractivity contribution in [1.29, 1.82) is 0 Å². The van der Waals surface area contributed by atoms with Crippen molar-refractivity contribution in [3.8, 4) is 5.75 Å². The summed E-state index contributed by atoms with van der Waals surface area (Å²) in [6.45, 7) is 3.95. The zero-order valence-electron chi connectivity index (χ0n) is 11.3. The number of nitrogens with zero attached hydrogens (tertiary/aromatic N) is 1. The highest BCUT2D eigenvalue weighted by molar-refractivity contribution is 6.34. The maximum absolute atomic E-state index is 6.22. The molecule has 2 rings (SSSR count). The predicted octanol–water partition coefficient (Wildman–Crippen LogP) is 4.22. The van der Waals surface area contributed by atoms with Crippen LogP contribution < -0.4 is 10.5 Å². The van der Waals surface area contributed by atoms with E-state index in [9.17, 15) is 0 Å². The molecule has 0 saturated heterocycles. The molecular weight excluding hydrogens is 295 g/mol. The zero-order valence-corrected chi connectivity index (χ0v) is 12.8. The number of benzene rings is 1. The van der Waals surface area contributed by atoms with Gasteiger partial charge in [-0.1, -0.05) is 35.3 Å². The molecule has 1 heterocycles. The summed E-state index contributed by atoms with van der Waals surface area (Å²) < 4.78 is 5.66. The Morgan fingerprint density at radius 2 is 1.95 bits per heavy atom. The molecule has 0 aliphatic carbocycles. The van der Waals surface area contributed by atoms with Crippen LogP contribution in [0.5, 0.6) is 5.75 Å². The second kappa shape index (κ2) is 6.44. The van der Waals surface area contributed by atoms with Crippen LogP contribution in [0.1, 0.15) is 31.1 Å². The molecule has 1 aromatic carbocycles. The van der Waals surface area contributed by atoms with Gasteiger partial charge < -0.3 is 10.5 Å². The van der Waals surface area contributed by atoms with Crippen molar-refractivity contribution in [3.05, 3.63) is 57.8 Å². The minimum Gasteiger partial charge on any atom is -0.491 e. The second-order valence-electron chi connectivity index (χ2n) is 4.74. The van der Waals surface area contributed by atoms with E-state index in [1.54, 1.807) is 6.07 Å². The van der Waals surface area contributed by atoms with Crippen molar-refractivity contribution < 1.29 is 4.74 Å². The number of ether oxygens (including phenoxy) is 1. The fraction of sp³-hybridized carbons (Fsp3) is 0.267. The number of pyridine rings is 1. The summed E-state index contributed by atoms with van der Waals surface area (Å²) in [4.78, 5) is 4.22. The van der Waals surface area contributed by atoms with Gasteiger partial charge in [-0.2, -0.15) is 0 Å². The highest BCUT2D eigenvalue weighted by atomic mass is 35.5. The molecule has 0 radical (unpaired) electrons. The predicted molar refractivity (Wildman–Crippen MR) is 82.5 cm³/mol. The van der Waals surface area contributed by atoms with E-state index < -0.39 is 6.04 Å². The van der Waals surface area contributed by atoms with Crippen LogP contribution in [-0.4, -0.2) is 11.1 Å². The quantitative estimate of drug-likeness (QED) is 0.919. The largest absolute Gasteiger partial charge is 0.491 e. The molecule has 1 unspecified atom stereocenters. The van der Waals surface area contributed by atoms with E-state index in [1.807, 2.05) is 38.1 Å². The lowest BCUT2D eigenvalue weighted by Crippen LogP contribution is -2.14. The molecule has 0 amide bonds. The van der Waals surface area contributed by atoms with Crippen molar-refractivity contribution in [1.82, 2.24) is 4.98 Å². The third kappa shape index (κ3) is 3.63. The standard InChI is InChI=1S/C15H16Cl2N2O/c1-9(2)20-12-5-3-4-10(6-12)14(18)15-13(17)7-11(16)8-19-15/h3-9,14H,18H2,1-2H3. The van der Waals surface area contributed by atoms with E-state index >= 15 is 0 Å². The molecule has 2 aromatic rings. The van der Waals surface area contributed by atoms with Gasteiger partial charge in [-0.25, -0.2) is 0 Å². The van der Waals surface area contributed by atoms with E-state index in [4.69, 9.17) is 33.7 Å². The van der Waals surface area contributed by atoms with Crippen LogP contribution in [0.2, 0.25) is 10.0 Å². The van der Waals surface area contributed by atoms with E-state index in [-0.39, 0.29) is 6.10 Å². The monoisotopic (exact) mass is 310 g/mol. The summed E-state index contributed by atoms with van der Waals surface area (Å²) in [6.07, 6.45) is 1.65. The minimum absolute atomic E-state index is 0.110. The van der Waals surface area contributed by atoms with Gasteiger partial charge in [-0.3, -0.25) is 4.98 Å². The number of halogens is 2. The van der Waals surface area contributed by atoms with Crippen molar-refractivity contribution >= 4 is 23.2 Å². The smallest absolute Gasteiger partial charge is 0.120 e. The molecule has 3 nitrogen and oxygen atoms in total. The van der Waals surface area contributed by atoms with Gasteiger partial charge in [0.25, 0.3) is 0 Å². The Labute approximate surface area is 128 Å². The molecule has 0 spiro atoms. The fourth-order valence-electron chi connectivity index (χ4n) is 1.87. The Balaban J connectivity index is 2.30. The third-order valence-electron chi connectivity index (χ3n) is 2.72. The van der Waals surface area contributed by atoms with Crippen molar-refractivity contribution in [2.75, 3.05) is 0 Å². The van der Waals surface area contributed by atoms with Gasteiger partial charge in [0.05, 0.1) is 27.9 Å². The highest BCUT2D eigenvalue weighted by Crippen LogP contribution is 2.28. The molecule has 1 aromatic heterocycles. The van der Waals surface area contributed by atoms with Gasteiger partial charge >= 0.3 is 0 Å². The normalized spacial score (nSPS) is 12.5. The SMILES string of the molecule is CC(C)Oc1cccc(C(N)c2ncc(Cl)cc2Cl)c1. The average Bonchev–Trinajstić information content (AvgIpc) is 2.37. The Hall–Kier alpha value is -1.29. The van der Waals surface area contributed by atoms with Crippen molar-refractivity contribution in [2.45, 2.75) is 26.0 Å². The van der Waals surface area contributed by atoms with Crippen LogP contribution in [0.4, 0.5) is 0 Å². The number of hydrogen-bond acceptors (Lipinski definition) is 3. The van der Waals surface area contributed by atoms with Crippen LogP contribution in [0.15, 0.2) is 36.5 Å². The maximum Gasteiger partial charge on any atom is 0.120 e. The summed E-state index contributed by atoms with van der Waals surface area (Å²) in [5, 5.41) is 0.947. The van der Waals surface area contributed by atoms with Gasteiger partial charge in [0.1, 0.15) is 5.75 Å². The topological polar surface area (TPSA) is 48.1 Å². The molecular formula is C15H16Cl2N2O. The summed E-state index contributed by atoms with van der Waals surface area (Å²) in [5.74, 6) is 0.776. The summed E-state index contributed by atoms with van der Waals surface area (Å²) in [5.41, 5.74) is 7.71. The fourth-order valence-corrected chi connectivity index (χ4v) is 2.36. The molecule has 5 heteroatoms. The summed E-state index contributed by atoms with van der Waals surface area (Å²) in [6, 6.07) is 8.83. The summed E-state index contributed by atoms with van der Waals surface area (Å²) in [7, 11) is 0. The Morgan fingerprint density at radius 1 is 1.20 bits per heavy atom. The molecule has 0 aliphatic heterocycles. The second-order valence-corrected chi connectivity index (χ2v) is 5.58. The first-order valence-electron chi connectivity index (χ1n) is 6.30. The Morgan fingerprint density at radius 3 is 2.60 bits per heavy atom. The van der Waals surface area contributed by atoms with E-state index in [0.717, 1.165) is 11.3 Å². The third-order valence-corrected chi connectivity index (χ3v) is 3.23. The van der Waals surface area contributed by atoms with Crippen LogP contribution in [0, 0.1) is 0 Å². The molecule has 0 fully saturated rings. The van der Waals surface area contributed by atoms with Gasteiger partial charge in [-0.15, -0.1) is 0 Å². The van der Waals surface area contributed by atoms with Gasteiger partial charge in [0.15, 0.2) is 0 Å². The molecule has 0 saturated carbocycles. The number of nitrogens with two attached hydrogens (primary N) is 1. The molecule has 106 valence electrons. The van der Waals surface area contributed by atoms with Crippen LogP contribution in [-0.2, 0) is 0 Å². The number of rotatable bonds is 4. The first kappa shape index (κ1) is 15.1. The lowest BCUT2D eigenvalue weighted by Gasteiger charge is -2.15. The Bertz CT molecular complexity index is 602. The van der Waals surface area contributed by atoms with E-state index in [2.05, 4.69) is 4.98 Å². The van der Waals surface area contributed by atoms with Gasteiger partial charge in [0, 0.05) is 6.20 Å². The first-order valence-corrected chi connectivity index (χ1v) is 7.06. The summed E-state index contributed by atoms with van der Waals surface area (Å²) >= 11 is 12.0. The molecule has 20 heavy (non-hydrogen) atoms. The van der Waals surface area contributed by atoms with Crippen LogP contribution >= 0.6 is 23.2 Å².